The number of nitrogen functional groups attached to an aromatic ring is 1. The van der Waals surface area contributed by atoms with E-state index < -0.39 is 0 Å². The lowest BCUT2D eigenvalue weighted by atomic mass is 10.1. The largest absolute Gasteiger partial charge is 0.381 e. The number of nitrogens with two attached hydrogens (primary N) is 1. The molecule has 0 aliphatic rings. The number of nitrogens with one attached hydrogen (secondary N) is 1. The second-order valence-corrected chi connectivity index (χ2v) is 4.62. The summed E-state index contributed by atoms with van der Waals surface area (Å²) in [6.07, 6.45) is 0. The third kappa shape index (κ3) is 2.46. The molecule has 1 unspecified atom stereocenters. The van der Waals surface area contributed by atoms with Gasteiger partial charge >= 0.3 is 0 Å². The average molecular weight is 230 g/mol. The van der Waals surface area contributed by atoms with Crippen LogP contribution in [0, 0.1) is 5.92 Å². The van der Waals surface area contributed by atoms with Crippen molar-refractivity contribution in [2.45, 2.75) is 26.8 Å². The molecule has 0 amide bonds. The Labute approximate surface area is 101 Å². The highest BCUT2D eigenvalue weighted by atomic mass is 15.1. The highest BCUT2D eigenvalue weighted by Crippen LogP contribution is 2.20. The van der Waals surface area contributed by atoms with Crippen molar-refractivity contribution in [2.24, 2.45) is 5.92 Å². The molecule has 0 fully saturated rings. The summed E-state index contributed by atoms with van der Waals surface area (Å²) in [5.74, 6) is 1.64. The summed E-state index contributed by atoms with van der Waals surface area (Å²) in [7, 11) is 0. The van der Waals surface area contributed by atoms with Gasteiger partial charge in [-0.1, -0.05) is 26.0 Å². The number of fused-ring (bicyclic) bond motifs is 1. The maximum atomic E-state index is 5.90. The Hall–Kier alpha value is -1.84. The van der Waals surface area contributed by atoms with E-state index in [1.54, 1.807) is 0 Å². The van der Waals surface area contributed by atoms with Crippen LogP contribution < -0.4 is 11.1 Å². The summed E-state index contributed by atoms with van der Waals surface area (Å²) < 4.78 is 0. The molecule has 4 nitrogen and oxygen atoms in total. The van der Waals surface area contributed by atoms with Gasteiger partial charge in [-0.15, -0.1) is 0 Å². The van der Waals surface area contributed by atoms with Gasteiger partial charge in [0.05, 0.1) is 11.0 Å². The summed E-state index contributed by atoms with van der Waals surface area (Å²) in [6.45, 7) is 6.42. The molecule has 4 heteroatoms. The van der Waals surface area contributed by atoms with Crippen LogP contribution in [0.5, 0.6) is 0 Å². The highest BCUT2D eigenvalue weighted by Gasteiger charge is 2.11. The van der Waals surface area contributed by atoms with Crippen LogP contribution in [0.4, 0.5) is 11.6 Å². The first-order chi connectivity index (χ1) is 8.08. The molecule has 90 valence electrons. The van der Waals surface area contributed by atoms with Crippen molar-refractivity contribution in [3.63, 3.8) is 0 Å². The van der Waals surface area contributed by atoms with Gasteiger partial charge in [-0.25, -0.2) is 9.97 Å². The molecule has 0 aliphatic heterocycles. The monoisotopic (exact) mass is 230 g/mol. The molecule has 0 saturated heterocycles. The van der Waals surface area contributed by atoms with Gasteiger partial charge < -0.3 is 11.1 Å². The molecule has 3 N–H and O–H groups in total. The van der Waals surface area contributed by atoms with Crippen LogP contribution in [0.15, 0.2) is 24.3 Å². The molecule has 1 aromatic heterocycles. The first-order valence-electron chi connectivity index (χ1n) is 5.86. The lowest BCUT2D eigenvalue weighted by Crippen LogP contribution is -2.23. The van der Waals surface area contributed by atoms with Crippen LogP contribution in [0.25, 0.3) is 11.0 Å². The van der Waals surface area contributed by atoms with E-state index in [4.69, 9.17) is 5.73 Å². The highest BCUT2D eigenvalue weighted by molar-refractivity contribution is 5.79. The predicted molar refractivity (Wildman–Crippen MR) is 71.9 cm³/mol. The minimum atomic E-state index is 0.313. The zero-order valence-electron chi connectivity index (χ0n) is 10.4. The molecule has 0 aliphatic carbocycles. The summed E-state index contributed by atoms with van der Waals surface area (Å²) in [5, 5.41) is 3.30. The smallest absolute Gasteiger partial charge is 0.169 e. The lowest BCUT2D eigenvalue weighted by Gasteiger charge is -2.19. The molecule has 1 aromatic carbocycles. The molecule has 0 radical (unpaired) electrons. The van der Waals surface area contributed by atoms with Crippen molar-refractivity contribution in [2.75, 3.05) is 11.1 Å². The van der Waals surface area contributed by atoms with Crippen molar-refractivity contribution in [3.05, 3.63) is 24.3 Å². The number of hydrogen-bond acceptors (Lipinski definition) is 4. The summed E-state index contributed by atoms with van der Waals surface area (Å²) in [4.78, 5) is 8.84. The van der Waals surface area contributed by atoms with Gasteiger partial charge in [0.15, 0.2) is 11.6 Å². The number of rotatable bonds is 3. The van der Waals surface area contributed by atoms with Gasteiger partial charge in [-0.2, -0.15) is 0 Å². The summed E-state index contributed by atoms with van der Waals surface area (Å²) in [5.41, 5.74) is 7.59. The SMILES string of the molecule is CC(C)C(C)Nc1nc2ccccc2nc1N. The second-order valence-electron chi connectivity index (χ2n) is 4.62. The number of para-hydroxylation sites is 2. The molecule has 1 atom stereocenters. The Bertz CT molecular complexity index is 522. The van der Waals surface area contributed by atoms with E-state index in [0.717, 1.165) is 11.0 Å². The van der Waals surface area contributed by atoms with E-state index in [9.17, 15) is 0 Å². The van der Waals surface area contributed by atoms with E-state index in [0.29, 0.717) is 23.6 Å². The quantitative estimate of drug-likeness (QED) is 0.850. The molecule has 0 spiro atoms. The Morgan fingerprint density at radius 1 is 1.06 bits per heavy atom. The first-order valence-corrected chi connectivity index (χ1v) is 5.86. The number of hydrogen-bond donors (Lipinski definition) is 2. The van der Waals surface area contributed by atoms with Gasteiger partial charge in [-0.05, 0) is 25.0 Å². The van der Waals surface area contributed by atoms with Gasteiger partial charge in [0.25, 0.3) is 0 Å². The molecule has 0 saturated carbocycles. The van der Waals surface area contributed by atoms with Crippen LogP contribution in [-0.4, -0.2) is 16.0 Å². The number of benzene rings is 1. The van der Waals surface area contributed by atoms with Gasteiger partial charge in [-0.3, -0.25) is 0 Å². The predicted octanol–water partition coefficient (Wildman–Crippen LogP) is 2.67. The Balaban J connectivity index is 2.37. The molecule has 2 aromatic rings. The van der Waals surface area contributed by atoms with Gasteiger partial charge in [0.1, 0.15) is 0 Å². The lowest BCUT2D eigenvalue weighted by molar-refractivity contribution is 0.558. The van der Waals surface area contributed by atoms with Crippen molar-refractivity contribution < 1.29 is 0 Å². The molecular formula is C13H18N4. The van der Waals surface area contributed by atoms with E-state index in [2.05, 4.69) is 36.1 Å². The normalized spacial score (nSPS) is 12.9. The number of nitrogens with zero attached hydrogens (tertiary/aromatic N) is 2. The van der Waals surface area contributed by atoms with E-state index in [1.165, 1.54) is 0 Å². The van der Waals surface area contributed by atoms with Crippen molar-refractivity contribution in [1.29, 1.82) is 0 Å². The van der Waals surface area contributed by atoms with Crippen LogP contribution >= 0.6 is 0 Å². The average Bonchev–Trinajstić information content (AvgIpc) is 2.29. The summed E-state index contributed by atoms with van der Waals surface area (Å²) >= 11 is 0. The van der Waals surface area contributed by atoms with E-state index >= 15 is 0 Å². The minimum Gasteiger partial charge on any atom is -0.381 e. The third-order valence-corrected chi connectivity index (χ3v) is 2.96. The Kier molecular flexibility index (Phi) is 3.13. The van der Waals surface area contributed by atoms with Crippen LogP contribution in [0.2, 0.25) is 0 Å². The van der Waals surface area contributed by atoms with E-state index in [1.807, 2.05) is 24.3 Å². The molecule has 2 rings (SSSR count). The van der Waals surface area contributed by atoms with E-state index in [-0.39, 0.29) is 0 Å². The maximum Gasteiger partial charge on any atom is 0.169 e. The Morgan fingerprint density at radius 3 is 2.24 bits per heavy atom. The fourth-order valence-corrected chi connectivity index (χ4v) is 1.50. The third-order valence-electron chi connectivity index (χ3n) is 2.96. The minimum absolute atomic E-state index is 0.313. The number of anilines is 2. The van der Waals surface area contributed by atoms with Gasteiger partial charge in [0, 0.05) is 6.04 Å². The van der Waals surface area contributed by atoms with Crippen molar-refractivity contribution in [3.8, 4) is 0 Å². The Morgan fingerprint density at radius 2 is 1.65 bits per heavy atom. The molecule has 1 heterocycles. The first kappa shape index (κ1) is 11.6. The second kappa shape index (κ2) is 4.57. The maximum absolute atomic E-state index is 5.90. The van der Waals surface area contributed by atoms with Crippen LogP contribution in [0.3, 0.4) is 0 Å². The van der Waals surface area contributed by atoms with Crippen molar-refractivity contribution in [1.82, 2.24) is 9.97 Å². The zero-order chi connectivity index (χ0) is 12.4. The zero-order valence-corrected chi connectivity index (χ0v) is 10.4. The van der Waals surface area contributed by atoms with Crippen molar-refractivity contribution >= 4 is 22.7 Å². The fourth-order valence-electron chi connectivity index (χ4n) is 1.50. The summed E-state index contributed by atoms with van der Waals surface area (Å²) in [6, 6.07) is 8.04. The number of aromatic nitrogens is 2. The fraction of sp³-hybridized carbons (Fsp3) is 0.385. The van der Waals surface area contributed by atoms with Gasteiger partial charge in [0.2, 0.25) is 0 Å². The molecule has 0 bridgehead atoms. The van der Waals surface area contributed by atoms with Crippen LogP contribution in [0.1, 0.15) is 20.8 Å². The molecule has 17 heavy (non-hydrogen) atoms. The standard InChI is InChI=1S/C13H18N4/c1-8(2)9(3)15-13-12(14)16-10-6-4-5-7-11(10)17-13/h4-9H,1-3H3,(H2,14,16)(H,15,17). The topological polar surface area (TPSA) is 63.8 Å². The van der Waals surface area contributed by atoms with Crippen LogP contribution in [-0.2, 0) is 0 Å². The molecular weight excluding hydrogens is 212 g/mol.